The molecule has 4 rings (SSSR count). The second kappa shape index (κ2) is 13.9. The second-order valence-electron chi connectivity index (χ2n) is 10.8. The largest absolute Gasteiger partial charge is 0.449 e. The molecule has 39 heavy (non-hydrogen) atoms. The molecule has 0 aliphatic heterocycles. The van der Waals surface area contributed by atoms with Crippen LogP contribution in [0.1, 0.15) is 68.2 Å². The molecule has 0 heterocycles. The molecular formula is C33H40N2O4. The van der Waals surface area contributed by atoms with E-state index in [-0.39, 0.29) is 36.4 Å². The topological polar surface area (TPSA) is 78.9 Å². The summed E-state index contributed by atoms with van der Waals surface area (Å²) in [7, 11) is 0. The maximum atomic E-state index is 13.4. The summed E-state index contributed by atoms with van der Waals surface area (Å²) < 4.78 is 5.55. The number of rotatable bonds is 10. The smallest absolute Gasteiger partial charge is 0.414 e. The van der Waals surface area contributed by atoms with Crippen LogP contribution >= 0.6 is 0 Å². The van der Waals surface area contributed by atoms with Crippen LogP contribution in [0.2, 0.25) is 0 Å². The predicted molar refractivity (Wildman–Crippen MR) is 154 cm³/mol. The van der Waals surface area contributed by atoms with Crippen molar-refractivity contribution < 1.29 is 19.4 Å². The molecule has 0 bridgehead atoms. The van der Waals surface area contributed by atoms with Gasteiger partial charge in [-0.05, 0) is 53.5 Å². The Morgan fingerprint density at radius 1 is 0.923 bits per heavy atom. The lowest BCUT2D eigenvalue weighted by molar-refractivity contribution is -0.127. The van der Waals surface area contributed by atoms with Gasteiger partial charge in [-0.2, -0.15) is 0 Å². The summed E-state index contributed by atoms with van der Waals surface area (Å²) in [6.07, 6.45) is 3.52. The third-order valence-corrected chi connectivity index (χ3v) is 7.38. The SMILES string of the molecule is CC(C)COC(=O)N(Cc1ccc(C2CCCCC2C(=O)NC(CO)c2ccccc2)cc1)c1ccccc1. The number of hydrogen-bond acceptors (Lipinski definition) is 4. The highest BCUT2D eigenvalue weighted by atomic mass is 16.6. The lowest BCUT2D eigenvalue weighted by Gasteiger charge is -2.32. The molecule has 1 fully saturated rings. The number of amides is 2. The van der Waals surface area contributed by atoms with Gasteiger partial charge in [-0.1, -0.05) is 99.5 Å². The molecule has 0 saturated heterocycles. The molecular weight excluding hydrogens is 488 g/mol. The molecule has 2 amide bonds. The van der Waals surface area contributed by atoms with Gasteiger partial charge in [0, 0.05) is 11.6 Å². The van der Waals surface area contributed by atoms with Crippen LogP contribution < -0.4 is 10.2 Å². The highest BCUT2D eigenvalue weighted by Gasteiger charge is 2.33. The Balaban J connectivity index is 1.47. The number of carbonyl (C=O) groups is 2. The summed E-state index contributed by atoms with van der Waals surface area (Å²) in [4.78, 5) is 28.0. The zero-order valence-electron chi connectivity index (χ0n) is 23.0. The molecule has 3 unspecified atom stereocenters. The molecule has 206 valence electrons. The van der Waals surface area contributed by atoms with Gasteiger partial charge in [0.25, 0.3) is 0 Å². The zero-order chi connectivity index (χ0) is 27.6. The Labute approximate surface area is 232 Å². The van der Waals surface area contributed by atoms with Crippen molar-refractivity contribution in [3.8, 4) is 0 Å². The van der Waals surface area contributed by atoms with Crippen LogP contribution in [0.5, 0.6) is 0 Å². The van der Waals surface area contributed by atoms with Gasteiger partial charge in [0.1, 0.15) is 0 Å². The summed E-state index contributed by atoms with van der Waals surface area (Å²) in [5.41, 5.74) is 3.81. The van der Waals surface area contributed by atoms with Crippen LogP contribution in [-0.2, 0) is 16.1 Å². The van der Waals surface area contributed by atoms with Gasteiger partial charge >= 0.3 is 6.09 Å². The van der Waals surface area contributed by atoms with Gasteiger partial charge in [0.05, 0.1) is 25.8 Å². The maximum absolute atomic E-state index is 13.4. The molecule has 1 saturated carbocycles. The predicted octanol–water partition coefficient (Wildman–Crippen LogP) is 6.61. The van der Waals surface area contributed by atoms with Crippen molar-refractivity contribution in [1.29, 1.82) is 0 Å². The number of anilines is 1. The average Bonchev–Trinajstić information content (AvgIpc) is 2.98. The van der Waals surface area contributed by atoms with Crippen molar-refractivity contribution in [1.82, 2.24) is 5.32 Å². The number of aliphatic hydroxyl groups is 1. The van der Waals surface area contributed by atoms with Crippen LogP contribution in [0, 0.1) is 11.8 Å². The number of nitrogens with one attached hydrogen (secondary N) is 1. The lowest BCUT2D eigenvalue weighted by atomic mass is 9.74. The van der Waals surface area contributed by atoms with E-state index in [0.29, 0.717) is 13.2 Å². The van der Waals surface area contributed by atoms with E-state index >= 15 is 0 Å². The monoisotopic (exact) mass is 528 g/mol. The van der Waals surface area contributed by atoms with Gasteiger partial charge in [-0.3, -0.25) is 9.69 Å². The average molecular weight is 529 g/mol. The van der Waals surface area contributed by atoms with Gasteiger partial charge < -0.3 is 15.2 Å². The molecule has 0 radical (unpaired) electrons. The van der Waals surface area contributed by atoms with E-state index < -0.39 is 6.04 Å². The Hall–Kier alpha value is -3.64. The van der Waals surface area contributed by atoms with E-state index in [4.69, 9.17) is 4.74 Å². The van der Waals surface area contributed by atoms with E-state index in [2.05, 4.69) is 17.4 Å². The van der Waals surface area contributed by atoms with Gasteiger partial charge in [0.2, 0.25) is 5.91 Å². The van der Waals surface area contributed by atoms with Crippen LogP contribution in [-0.4, -0.2) is 30.3 Å². The quantitative estimate of drug-likeness (QED) is 0.310. The Bertz CT molecular complexity index is 1180. The minimum absolute atomic E-state index is 0.00479. The summed E-state index contributed by atoms with van der Waals surface area (Å²) in [6.45, 7) is 4.66. The first-order valence-electron chi connectivity index (χ1n) is 14.0. The van der Waals surface area contributed by atoms with Crippen LogP contribution in [0.15, 0.2) is 84.9 Å². The van der Waals surface area contributed by atoms with E-state index in [9.17, 15) is 14.7 Å². The minimum atomic E-state index is -0.414. The number of para-hydroxylation sites is 1. The number of ether oxygens (including phenoxy) is 1. The van der Waals surface area contributed by atoms with Crippen molar-refractivity contribution in [3.63, 3.8) is 0 Å². The van der Waals surface area contributed by atoms with Gasteiger partial charge in [-0.15, -0.1) is 0 Å². The van der Waals surface area contributed by atoms with Crippen molar-refractivity contribution >= 4 is 17.7 Å². The first-order valence-corrected chi connectivity index (χ1v) is 14.0. The maximum Gasteiger partial charge on any atom is 0.414 e. The summed E-state index contributed by atoms with van der Waals surface area (Å²) >= 11 is 0. The normalized spacial score (nSPS) is 17.8. The third kappa shape index (κ3) is 7.70. The minimum Gasteiger partial charge on any atom is -0.449 e. The summed E-state index contributed by atoms with van der Waals surface area (Å²) in [5.74, 6) is 0.222. The molecule has 0 aromatic heterocycles. The van der Waals surface area contributed by atoms with E-state index in [1.54, 1.807) is 4.90 Å². The number of nitrogens with zero attached hydrogens (tertiary/aromatic N) is 1. The molecule has 1 aliphatic carbocycles. The lowest BCUT2D eigenvalue weighted by Crippen LogP contribution is -2.39. The van der Waals surface area contributed by atoms with Crippen molar-refractivity contribution in [2.24, 2.45) is 11.8 Å². The van der Waals surface area contributed by atoms with E-state index in [0.717, 1.165) is 48.1 Å². The van der Waals surface area contributed by atoms with Gasteiger partial charge in [-0.25, -0.2) is 4.79 Å². The van der Waals surface area contributed by atoms with E-state index in [1.165, 1.54) is 0 Å². The molecule has 0 spiro atoms. The molecule has 3 atom stereocenters. The standard InChI is InChI=1S/C33H40N2O4/c1-24(2)23-39-33(38)35(28-13-7-4-8-14-28)21-25-17-19-26(20-18-25)29-15-9-10-16-30(29)32(37)34-31(22-36)27-11-5-3-6-12-27/h3-8,11-14,17-20,24,29-31,36H,9-10,15-16,21-23H2,1-2H3,(H,34,37). The first kappa shape index (κ1) is 28.4. The number of hydrogen-bond donors (Lipinski definition) is 2. The molecule has 6 nitrogen and oxygen atoms in total. The van der Waals surface area contributed by atoms with Crippen LogP contribution in [0.25, 0.3) is 0 Å². The highest BCUT2D eigenvalue weighted by molar-refractivity contribution is 5.87. The molecule has 6 heteroatoms. The molecule has 3 aromatic carbocycles. The van der Waals surface area contributed by atoms with Gasteiger partial charge in [0.15, 0.2) is 0 Å². The fourth-order valence-electron chi connectivity index (χ4n) is 5.28. The molecule has 3 aromatic rings. The van der Waals surface area contributed by atoms with Crippen molar-refractivity contribution in [2.45, 2.75) is 58.0 Å². The van der Waals surface area contributed by atoms with Crippen LogP contribution in [0.4, 0.5) is 10.5 Å². The Kier molecular flexibility index (Phi) is 10.1. The van der Waals surface area contributed by atoms with E-state index in [1.807, 2.05) is 86.6 Å². The van der Waals surface area contributed by atoms with Crippen molar-refractivity contribution in [2.75, 3.05) is 18.1 Å². The number of carbonyl (C=O) groups excluding carboxylic acids is 2. The Morgan fingerprint density at radius 2 is 1.56 bits per heavy atom. The van der Waals surface area contributed by atoms with Crippen molar-refractivity contribution in [3.05, 3.63) is 102 Å². The fourth-order valence-corrected chi connectivity index (χ4v) is 5.28. The third-order valence-electron chi connectivity index (χ3n) is 7.38. The van der Waals surface area contributed by atoms with Crippen LogP contribution in [0.3, 0.4) is 0 Å². The number of benzene rings is 3. The second-order valence-corrected chi connectivity index (χ2v) is 10.8. The Morgan fingerprint density at radius 3 is 2.21 bits per heavy atom. The zero-order valence-corrected chi connectivity index (χ0v) is 23.0. The summed E-state index contributed by atoms with van der Waals surface area (Å²) in [6, 6.07) is 27.0. The summed E-state index contributed by atoms with van der Waals surface area (Å²) in [5, 5.41) is 13.0. The molecule has 2 N–H and O–H groups in total. The number of aliphatic hydroxyl groups excluding tert-OH is 1. The first-order chi connectivity index (χ1) is 19.0. The molecule has 1 aliphatic rings. The fraction of sp³-hybridized carbons (Fsp3) is 0.394. The highest BCUT2D eigenvalue weighted by Crippen LogP contribution is 2.38.